The van der Waals surface area contributed by atoms with Crippen molar-refractivity contribution in [3.8, 4) is 5.75 Å². The number of aromatic amines is 1. The van der Waals surface area contributed by atoms with Crippen LogP contribution in [0.2, 0.25) is 0 Å². The number of likely N-dealkylation sites (tertiary alicyclic amines) is 1. The number of benzene rings is 2. The topological polar surface area (TPSA) is 83.1 Å². The largest absolute Gasteiger partial charge is 0.484 e. The molecule has 1 saturated heterocycles. The zero-order valence-electron chi connectivity index (χ0n) is 18.0. The van der Waals surface area contributed by atoms with E-state index < -0.39 is 0 Å². The third-order valence-corrected chi connectivity index (χ3v) is 5.88. The molecular formula is C25H24FN5O2. The van der Waals surface area contributed by atoms with Crippen LogP contribution in [-0.4, -0.2) is 45.7 Å². The van der Waals surface area contributed by atoms with Gasteiger partial charge < -0.3 is 15.0 Å². The van der Waals surface area contributed by atoms with Gasteiger partial charge in [-0.3, -0.25) is 9.89 Å². The summed E-state index contributed by atoms with van der Waals surface area (Å²) >= 11 is 0. The second-order valence-corrected chi connectivity index (χ2v) is 8.11. The van der Waals surface area contributed by atoms with Crippen molar-refractivity contribution in [2.45, 2.75) is 18.9 Å². The number of ether oxygens (including phenoxy) is 1. The number of H-pyrrole nitrogens is 1. The van der Waals surface area contributed by atoms with Crippen LogP contribution in [0.5, 0.6) is 5.75 Å². The standard InChI is InChI=1S/C25H24FN5O2/c26-19-8-6-17(7-9-19)14-27-24-21-10-11-22(28-25(21)30-29-24)18-12-13-31(15-18)23(32)16-33-20-4-2-1-3-5-20/h1-11,18H,12-16H2,(H2,27,28,29,30)/t18-/m0/s1. The molecule has 3 heterocycles. The first-order valence-electron chi connectivity index (χ1n) is 10.9. The molecule has 4 aromatic rings. The van der Waals surface area contributed by atoms with Gasteiger partial charge in [-0.15, -0.1) is 0 Å². The van der Waals surface area contributed by atoms with Gasteiger partial charge in [0.15, 0.2) is 18.1 Å². The molecule has 7 nitrogen and oxygen atoms in total. The van der Waals surface area contributed by atoms with Gasteiger partial charge in [0.1, 0.15) is 11.6 Å². The molecule has 5 rings (SSSR count). The Bertz CT molecular complexity index is 1240. The van der Waals surface area contributed by atoms with E-state index in [2.05, 4.69) is 15.5 Å². The SMILES string of the molecule is O=C(COc1ccccc1)N1CC[C@H](c2ccc3c(NCc4ccc(F)cc4)n[nH]c3n2)C1. The monoisotopic (exact) mass is 445 g/mol. The lowest BCUT2D eigenvalue weighted by molar-refractivity contribution is -0.132. The normalized spacial score (nSPS) is 15.7. The Hall–Kier alpha value is -3.94. The maximum atomic E-state index is 13.1. The molecule has 1 amide bonds. The number of pyridine rings is 1. The second kappa shape index (κ2) is 9.28. The van der Waals surface area contributed by atoms with Gasteiger partial charge in [-0.25, -0.2) is 9.37 Å². The molecular weight excluding hydrogens is 421 g/mol. The molecule has 2 N–H and O–H groups in total. The summed E-state index contributed by atoms with van der Waals surface area (Å²) in [6, 6.07) is 19.7. The Balaban J connectivity index is 1.20. The highest BCUT2D eigenvalue weighted by Gasteiger charge is 2.28. The Morgan fingerprint density at radius 1 is 1.12 bits per heavy atom. The van der Waals surface area contributed by atoms with Crippen LogP contribution in [0.4, 0.5) is 10.2 Å². The fourth-order valence-corrected chi connectivity index (χ4v) is 4.05. The summed E-state index contributed by atoms with van der Waals surface area (Å²) in [6.45, 7) is 1.88. The van der Waals surface area contributed by atoms with Crippen molar-refractivity contribution in [3.63, 3.8) is 0 Å². The lowest BCUT2D eigenvalue weighted by Gasteiger charge is -2.17. The number of hydrogen-bond donors (Lipinski definition) is 2. The summed E-state index contributed by atoms with van der Waals surface area (Å²) in [5.41, 5.74) is 2.60. The van der Waals surface area contributed by atoms with Crippen molar-refractivity contribution in [2.24, 2.45) is 0 Å². The predicted molar refractivity (Wildman–Crippen MR) is 123 cm³/mol. The van der Waals surface area contributed by atoms with E-state index >= 15 is 0 Å². The van der Waals surface area contributed by atoms with Gasteiger partial charge in [-0.2, -0.15) is 5.10 Å². The summed E-state index contributed by atoms with van der Waals surface area (Å²) in [7, 11) is 0. The van der Waals surface area contributed by atoms with Crippen LogP contribution >= 0.6 is 0 Å². The molecule has 8 heteroatoms. The molecule has 0 unspecified atom stereocenters. The number of hydrogen-bond acceptors (Lipinski definition) is 5. The molecule has 2 aromatic heterocycles. The van der Waals surface area contributed by atoms with E-state index in [0.29, 0.717) is 36.8 Å². The van der Waals surface area contributed by atoms with Crippen LogP contribution in [0.3, 0.4) is 0 Å². The van der Waals surface area contributed by atoms with Crippen molar-refractivity contribution in [1.82, 2.24) is 20.1 Å². The molecule has 1 fully saturated rings. The molecule has 2 aromatic carbocycles. The van der Waals surface area contributed by atoms with E-state index in [1.165, 1.54) is 12.1 Å². The van der Waals surface area contributed by atoms with Crippen molar-refractivity contribution in [3.05, 3.63) is 83.8 Å². The van der Waals surface area contributed by atoms with Gasteiger partial charge in [0, 0.05) is 31.2 Å². The number of halogens is 1. The Kier molecular flexibility index (Phi) is 5.89. The van der Waals surface area contributed by atoms with Crippen molar-refractivity contribution < 1.29 is 13.9 Å². The number of anilines is 1. The number of amides is 1. The number of nitrogens with zero attached hydrogens (tertiary/aromatic N) is 3. The molecule has 0 saturated carbocycles. The smallest absolute Gasteiger partial charge is 0.260 e. The summed E-state index contributed by atoms with van der Waals surface area (Å²) in [6.07, 6.45) is 0.861. The Morgan fingerprint density at radius 3 is 2.76 bits per heavy atom. The number of rotatable bonds is 7. The molecule has 1 aliphatic heterocycles. The van der Waals surface area contributed by atoms with E-state index in [0.717, 1.165) is 23.1 Å². The fourth-order valence-electron chi connectivity index (χ4n) is 4.05. The molecule has 168 valence electrons. The number of carbonyl (C=O) groups is 1. The number of carbonyl (C=O) groups excluding carboxylic acids is 1. The Morgan fingerprint density at radius 2 is 1.94 bits per heavy atom. The molecule has 0 radical (unpaired) electrons. The van der Waals surface area contributed by atoms with Crippen LogP contribution in [0, 0.1) is 5.82 Å². The first kappa shape index (κ1) is 20.9. The highest BCUT2D eigenvalue weighted by molar-refractivity contribution is 5.87. The molecule has 0 aliphatic carbocycles. The summed E-state index contributed by atoms with van der Waals surface area (Å²) in [5.74, 6) is 1.30. The van der Waals surface area contributed by atoms with Crippen LogP contribution in [0.25, 0.3) is 11.0 Å². The summed E-state index contributed by atoms with van der Waals surface area (Å²) in [5, 5.41) is 11.5. The number of para-hydroxylation sites is 1. The maximum Gasteiger partial charge on any atom is 0.260 e. The number of aromatic nitrogens is 3. The third kappa shape index (κ3) is 4.79. The minimum absolute atomic E-state index is 0.0174. The van der Waals surface area contributed by atoms with Crippen LogP contribution in [0.15, 0.2) is 66.7 Å². The van der Waals surface area contributed by atoms with E-state index in [4.69, 9.17) is 9.72 Å². The van der Waals surface area contributed by atoms with E-state index in [-0.39, 0.29) is 24.2 Å². The number of fused-ring (bicyclic) bond motifs is 1. The van der Waals surface area contributed by atoms with Gasteiger partial charge in [0.2, 0.25) is 0 Å². The number of nitrogens with one attached hydrogen (secondary N) is 2. The highest BCUT2D eigenvalue weighted by Crippen LogP contribution is 2.29. The zero-order chi connectivity index (χ0) is 22.6. The van der Waals surface area contributed by atoms with Gasteiger partial charge in [-0.05, 0) is 48.4 Å². The summed E-state index contributed by atoms with van der Waals surface area (Å²) in [4.78, 5) is 19.1. The molecule has 0 bridgehead atoms. The lowest BCUT2D eigenvalue weighted by atomic mass is 10.0. The molecule has 1 aliphatic rings. The molecule has 1 atom stereocenters. The van der Waals surface area contributed by atoms with Crippen molar-refractivity contribution >= 4 is 22.8 Å². The third-order valence-electron chi connectivity index (χ3n) is 5.88. The minimum atomic E-state index is -0.253. The quantitative estimate of drug-likeness (QED) is 0.448. The van der Waals surface area contributed by atoms with Gasteiger partial charge >= 0.3 is 0 Å². The predicted octanol–water partition coefficient (Wildman–Crippen LogP) is 4.10. The van der Waals surface area contributed by atoms with Crippen LogP contribution in [0.1, 0.15) is 23.6 Å². The van der Waals surface area contributed by atoms with Crippen molar-refractivity contribution in [2.75, 3.05) is 25.0 Å². The first-order valence-corrected chi connectivity index (χ1v) is 10.9. The maximum absolute atomic E-state index is 13.1. The van der Waals surface area contributed by atoms with E-state index in [1.54, 1.807) is 12.1 Å². The van der Waals surface area contributed by atoms with Gasteiger partial charge in [0.25, 0.3) is 5.91 Å². The second-order valence-electron chi connectivity index (χ2n) is 8.11. The molecule has 0 spiro atoms. The van der Waals surface area contributed by atoms with Crippen LogP contribution < -0.4 is 10.1 Å². The molecule has 33 heavy (non-hydrogen) atoms. The van der Waals surface area contributed by atoms with Gasteiger partial charge in [0.05, 0.1) is 5.39 Å². The van der Waals surface area contributed by atoms with Crippen molar-refractivity contribution in [1.29, 1.82) is 0 Å². The zero-order valence-corrected chi connectivity index (χ0v) is 18.0. The fraction of sp³-hybridized carbons (Fsp3) is 0.240. The average molecular weight is 445 g/mol. The first-order chi connectivity index (χ1) is 16.2. The average Bonchev–Trinajstić information content (AvgIpc) is 3.50. The Labute approximate surface area is 190 Å². The highest BCUT2D eigenvalue weighted by atomic mass is 19.1. The van der Waals surface area contributed by atoms with Gasteiger partial charge in [-0.1, -0.05) is 30.3 Å². The minimum Gasteiger partial charge on any atom is -0.484 e. The summed E-state index contributed by atoms with van der Waals surface area (Å²) < 4.78 is 18.7. The van der Waals surface area contributed by atoms with E-state index in [1.807, 2.05) is 47.4 Å². The lowest BCUT2D eigenvalue weighted by Crippen LogP contribution is -2.32. The van der Waals surface area contributed by atoms with E-state index in [9.17, 15) is 9.18 Å². The van der Waals surface area contributed by atoms with Crippen LogP contribution in [-0.2, 0) is 11.3 Å².